The summed E-state index contributed by atoms with van der Waals surface area (Å²) in [6.07, 6.45) is -4.41. The van der Waals surface area contributed by atoms with Crippen LogP contribution in [0.1, 0.15) is 21.5 Å². The number of thioether (sulfide) groups is 1. The van der Waals surface area contributed by atoms with Gasteiger partial charge in [0.15, 0.2) is 0 Å². The molecular weight excluding hydrogens is 453 g/mol. The molecule has 5 nitrogen and oxygen atoms in total. The Kier molecular flexibility index (Phi) is 8.00. The van der Waals surface area contributed by atoms with Gasteiger partial charge < -0.3 is 15.4 Å². The van der Waals surface area contributed by atoms with Crippen LogP contribution in [-0.2, 0) is 17.5 Å². The minimum atomic E-state index is -4.41. The van der Waals surface area contributed by atoms with E-state index in [2.05, 4.69) is 10.6 Å². The fourth-order valence-corrected chi connectivity index (χ4v) is 3.76. The Hall–Kier alpha value is -3.46. The van der Waals surface area contributed by atoms with E-state index in [9.17, 15) is 22.8 Å². The van der Waals surface area contributed by atoms with Crippen molar-refractivity contribution in [2.75, 3.05) is 18.2 Å². The van der Waals surface area contributed by atoms with E-state index < -0.39 is 11.7 Å². The summed E-state index contributed by atoms with van der Waals surface area (Å²) < 4.78 is 43.2. The monoisotopic (exact) mass is 474 g/mol. The van der Waals surface area contributed by atoms with Crippen LogP contribution in [0.5, 0.6) is 5.75 Å². The maximum Gasteiger partial charge on any atom is 0.416 e. The summed E-state index contributed by atoms with van der Waals surface area (Å²) in [5.41, 5.74) is 0.775. The largest absolute Gasteiger partial charge is 0.497 e. The van der Waals surface area contributed by atoms with Crippen LogP contribution in [0, 0.1) is 0 Å². The van der Waals surface area contributed by atoms with Crippen LogP contribution >= 0.6 is 11.8 Å². The number of rotatable bonds is 8. The number of halogens is 3. The van der Waals surface area contributed by atoms with Crippen LogP contribution in [0.15, 0.2) is 77.7 Å². The second kappa shape index (κ2) is 10.9. The van der Waals surface area contributed by atoms with Crippen molar-refractivity contribution in [2.45, 2.75) is 17.6 Å². The first-order valence-corrected chi connectivity index (χ1v) is 10.8. The third kappa shape index (κ3) is 7.01. The van der Waals surface area contributed by atoms with E-state index in [-0.39, 0.29) is 24.1 Å². The van der Waals surface area contributed by atoms with Gasteiger partial charge in [-0.3, -0.25) is 9.59 Å². The highest BCUT2D eigenvalue weighted by Gasteiger charge is 2.29. The number of anilines is 1. The van der Waals surface area contributed by atoms with Crippen LogP contribution in [0.4, 0.5) is 18.9 Å². The first-order valence-electron chi connectivity index (χ1n) is 9.86. The van der Waals surface area contributed by atoms with E-state index >= 15 is 0 Å². The van der Waals surface area contributed by atoms with Crippen molar-refractivity contribution in [3.63, 3.8) is 0 Å². The summed E-state index contributed by atoms with van der Waals surface area (Å²) in [5, 5.41) is 5.48. The topological polar surface area (TPSA) is 67.4 Å². The fourth-order valence-electron chi connectivity index (χ4n) is 2.91. The van der Waals surface area contributed by atoms with Crippen LogP contribution in [0.2, 0.25) is 0 Å². The Labute approximate surface area is 193 Å². The number of hydrogen-bond acceptors (Lipinski definition) is 4. The summed E-state index contributed by atoms with van der Waals surface area (Å²) in [7, 11) is 1.54. The lowest BCUT2D eigenvalue weighted by Crippen LogP contribution is -2.23. The SMILES string of the molecule is COc1cccc(NC(=O)CSc2ccccc2C(=O)NCc2ccc(C(F)(F)F)cc2)c1. The zero-order valence-electron chi connectivity index (χ0n) is 17.6. The predicted molar refractivity (Wildman–Crippen MR) is 121 cm³/mol. The molecule has 3 rings (SSSR count). The molecule has 0 aliphatic rings. The van der Waals surface area contributed by atoms with Crippen molar-refractivity contribution in [3.05, 3.63) is 89.5 Å². The van der Waals surface area contributed by atoms with Gasteiger partial charge in [0.05, 0.1) is 24.0 Å². The van der Waals surface area contributed by atoms with Crippen molar-refractivity contribution in [3.8, 4) is 5.75 Å². The maximum absolute atomic E-state index is 12.7. The molecule has 0 spiro atoms. The molecule has 0 bridgehead atoms. The number of alkyl halides is 3. The van der Waals surface area contributed by atoms with Gasteiger partial charge in [-0.1, -0.05) is 30.3 Å². The highest BCUT2D eigenvalue weighted by Crippen LogP contribution is 2.29. The van der Waals surface area contributed by atoms with Crippen molar-refractivity contribution in [1.82, 2.24) is 5.32 Å². The Morgan fingerprint density at radius 2 is 1.70 bits per heavy atom. The minimum absolute atomic E-state index is 0.0757. The third-order valence-corrected chi connectivity index (χ3v) is 5.65. The van der Waals surface area contributed by atoms with Crippen LogP contribution in [0.25, 0.3) is 0 Å². The molecule has 0 atom stereocenters. The molecule has 0 saturated carbocycles. The molecular formula is C24H21F3N2O3S. The molecule has 0 fully saturated rings. The van der Waals surface area contributed by atoms with Gasteiger partial charge in [-0.05, 0) is 42.0 Å². The molecule has 9 heteroatoms. The first-order chi connectivity index (χ1) is 15.8. The number of benzene rings is 3. The van der Waals surface area contributed by atoms with Gasteiger partial charge in [0.1, 0.15) is 5.75 Å². The molecule has 0 radical (unpaired) electrons. The molecule has 0 aliphatic heterocycles. The maximum atomic E-state index is 12.7. The summed E-state index contributed by atoms with van der Waals surface area (Å²) in [4.78, 5) is 25.6. The first kappa shape index (κ1) is 24.2. The van der Waals surface area contributed by atoms with Gasteiger partial charge >= 0.3 is 6.18 Å². The number of methoxy groups -OCH3 is 1. The highest BCUT2D eigenvalue weighted by atomic mass is 32.2. The van der Waals surface area contributed by atoms with E-state index in [0.29, 0.717) is 27.5 Å². The number of nitrogens with one attached hydrogen (secondary N) is 2. The van der Waals surface area contributed by atoms with E-state index in [0.717, 1.165) is 12.1 Å². The van der Waals surface area contributed by atoms with Gasteiger partial charge in [-0.2, -0.15) is 13.2 Å². The molecule has 2 amide bonds. The van der Waals surface area contributed by atoms with Crippen molar-refractivity contribution in [1.29, 1.82) is 0 Å². The number of carbonyl (C=O) groups is 2. The molecule has 0 saturated heterocycles. The van der Waals surface area contributed by atoms with Crippen molar-refractivity contribution >= 4 is 29.3 Å². The second-order valence-corrected chi connectivity index (χ2v) is 7.96. The van der Waals surface area contributed by atoms with E-state index in [1.165, 1.54) is 31.0 Å². The van der Waals surface area contributed by atoms with Crippen LogP contribution in [0.3, 0.4) is 0 Å². The van der Waals surface area contributed by atoms with Gasteiger partial charge in [0.25, 0.3) is 5.91 Å². The Morgan fingerprint density at radius 3 is 2.39 bits per heavy atom. The summed E-state index contributed by atoms with van der Waals surface area (Å²) in [5.74, 6) is 0.0790. The van der Waals surface area contributed by atoms with Crippen molar-refractivity contribution in [2.24, 2.45) is 0 Å². The average Bonchev–Trinajstić information content (AvgIpc) is 2.81. The molecule has 33 heavy (non-hydrogen) atoms. The molecule has 0 aliphatic carbocycles. The molecule has 0 heterocycles. The lowest BCUT2D eigenvalue weighted by Gasteiger charge is -2.11. The second-order valence-electron chi connectivity index (χ2n) is 6.94. The van der Waals surface area contributed by atoms with Crippen LogP contribution < -0.4 is 15.4 Å². The number of carbonyl (C=O) groups excluding carboxylic acids is 2. The molecule has 3 aromatic rings. The third-order valence-electron chi connectivity index (χ3n) is 4.58. The lowest BCUT2D eigenvalue weighted by atomic mass is 10.1. The van der Waals surface area contributed by atoms with E-state index in [4.69, 9.17) is 4.74 Å². The predicted octanol–water partition coefficient (Wildman–Crippen LogP) is 5.37. The molecule has 172 valence electrons. The van der Waals surface area contributed by atoms with Crippen molar-refractivity contribution < 1.29 is 27.5 Å². The average molecular weight is 475 g/mol. The molecule has 2 N–H and O–H groups in total. The van der Waals surface area contributed by atoms with Gasteiger partial charge in [-0.25, -0.2) is 0 Å². The van der Waals surface area contributed by atoms with Gasteiger partial charge in [0.2, 0.25) is 5.91 Å². The Morgan fingerprint density at radius 1 is 0.970 bits per heavy atom. The fraction of sp³-hybridized carbons (Fsp3) is 0.167. The summed E-state index contributed by atoms with van der Waals surface area (Å²) in [6, 6.07) is 18.4. The number of hydrogen-bond donors (Lipinski definition) is 2. The van der Waals surface area contributed by atoms with Gasteiger partial charge in [-0.15, -0.1) is 11.8 Å². The van der Waals surface area contributed by atoms with Gasteiger partial charge in [0, 0.05) is 23.2 Å². The molecule has 3 aromatic carbocycles. The Bertz CT molecular complexity index is 1120. The minimum Gasteiger partial charge on any atom is -0.497 e. The molecule has 0 unspecified atom stereocenters. The normalized spacial score (nSPS) is 11.0. The Balaban J connectivity index is 1.57. The smallest absolute Gasteiger partial charge is 0.416 e. The van der Waals surface area contributed by atoms with E-state index in [1.54, 1.807) is 48.5 Å². The summed E-state index contributed by atoms with van der Waals surface area (Å²) >= 11 is 1.21. The summed E-state index contributed by atoms with van der Waals surface area (Å²) in [6.45, 7) is 0.0757. The zero-order chi connectivity index (χ0) is 23.8. The lowest BCUT2D eigenvalue weighted by molar-refractivity contribution is -0.137. The molecule has 0 aromatic heterocycles. The standard InChI is InChI=1S/C24H21F3N2O3S/c1-32-19-6-4-5-18(13-19)29-22(30)15-33-21-8-3-2-7-20(21)23(31)28-14-16-9-11-17(12-10-16)24(25,26)27/h2-13H,14-15H2,1H3,(H,28,31)(H,29,30). The number of ether oxygens (including phenoxy) is 1. The quantitative estimate of drug-likeness (QED) is 0.431. The van der Waals surface area contributed by atoms with Crippen LogP contribution in [-0.4, -0.2) is 24.7 Å². The zero-order valence-corrected chi connectivity index (χ0v) is 18.4. The van der Waals surface area contributed by atoms with E-state index in [1.807, 2.05) is 0 Å². The highest BCUT2D eigenvalue weighted by molar-refractivity contribution is 8.00. The number of amides is 2.